The highest BCUT2D eigenvalue weighted by Crippen LogP contribution is 2.22. The third-order valence-corrected chi connectivity index (χ3v) is 5.65. The van der Waals surface area contributed by atoms with Crippen molar-refractivity contribution >= 4 is 39.1 Å². The molecular weight excluding hydrogens is 418 g/mol. The van der Waals surface area contributed by atoms with Crippen LogP contribution < -0.4 is 15.5 Å². The lowest BCUT2D eigenvalue weighted by Gasteiger charge is -2.22. The van der Waals surface area contributed by atoms with E-state index in [0.29, 0.717) is 10.0 Å². The van der Waals surface area contributed by atoms with Crippen molar-refractivity contribution in [3.63, 3.8) is 0 Å². The summed E-state index contributed by atoms with van der Waals surface area (Å²) in [6.07, 6.45) is 2.46. The zero-order valence-electron chi connectivity index (χ0n) is 16.2. The topological polar surface area (TPSA) is 61.4 Å². The average molecular weight is 444 g/mol. The fourth-order valence-corrected chi connectivity index (χ4v) is 3.82. The fraction of sp³-hybridized carbons (Fsp3) is 0.364. The van der Waals surface area contributed by atoms with E-state index in [4.69, 9.17) is 0 Å². The number of nitrogens with one attached hydrogen (secondary N) is 2. The first kappa shape index (κ1) is 20.4. The molecule has 1 heterocycles. The van der Waals surface area contributed by atoms with Gasteiger partial charge in [-0.2, -0.15) is 0 Å². The molecule has 1 fully saturated rings. The normalized spacial score (nSPS) is 14.8. The Kier molecular flexibility index (Phi) is 6.73. The van der Waals surface area contributed by atoms with Crippen LogP contribution in [0.5, 0.6) is 0 Å². The number of benzene rings is 2. The Morgan fingerprint density at radius 2 is 1.64 bits per heavy atom. The number of rotatable bonds is 6. The lowest BCUT2D eigenvalue weighted by atomic mass is 10.0. The molecule has 1 aliphatic heterocycles. The maximum absolute atomic E-state index is 12.8. The highest BCUT2D eigenvalue weighted by atomic mass is 79.9. The summed E-state index contributed by atoms with van der Waals surface area (Å²) in [6.45, 7) is 6.01. The maximum Gasteiger partial charge on any atom is 0.253 e. The molecule has 1 aliphatic rings. The number of nitrogens with zero attached hydrogens (tertiary/aromatic N) is 1. The number of amides is 2. The zero-order valence-corrected chi connectivity index (χ0v) is 17.8. The van der Waals surface area contributed by atoms with Gasteiger partial charge in [0.15, 0.2) is 0 Å². The van der Waals surface area contributed by atoms with E-state index in [9.17, 15) is 9.59 Å². The van der Waals surface area contributed by atoms with Crippen molar-refractivity contribution in [3.05, 3.63) is 58.6 Å². The Bertz CT molecular complexity index is 830. The van der Waals surface area contributed by atoms with Crippen LogP contribution in [-0.4, -0.2) is 30.9 Å². The zero-order chi connectivity index (χ0) is 20.1. The van der Waals surface area contributed by atoms with Crippen LogP contribution >= 0.6 is 15.9 Å². The molecule has 6 heteroatoms. The van der Waals surface area contributed by atoms with E-state index in [0.717, 1.165) is 18.8 Å². The summed E-state index contributed by atoms with van der Waals surface area (Å²) in [5.74, 6) is -0.537. The van der Waals surface area contributed by atoms with Crippen LogP contribution in [0.2, 0.25) is 0 Å². The van der Waals surface area contributed by atoms with Crippen LogP contribution in [0.15, 0.2) is 53.0 Å². The molecule has 2 amide bonds. The molecule has 28 heavy (non-hydrogen) atoms. The van der Waals surface area contributed by atoms with Crippen LogP contribution in [-0.2, 0) is 4.79 Å². The minimum atomic E-state index is -0.627. The van der Waals surface area contributed by atoms with E-state index < -0.39 is 6.04 Å². The van der Waals surface area contributed by atoms with E-state index in [-0.39, 0.29) is 17.7 Å². The molecule has 0 unspecified atom stereocenters. The molecule has 0 bridgehead atoms. The number of carbonyl (C=O) groups excluding carboxylic acids is 2. The third-order valence-electron chi connectivity index (χ3n) is 4.96. The quantitative estimate of drug-likeness (QED) is 0.693. The van der Waals surface area contributed by atoms with Gasteiger partial charge >= 0.3 is 0 Å². The van der Waals surface area contributed by atoms with Gasteiger partial charge in [-0.1, -0.05) is 26.0 Å². The van der Waals surface area contributed by atoms with E-state index >= 15 is 0 Å². The number of halogens is 1. The molecule has 2 aromatic carbocycles. The first-order chi connectivity index (χ1) is 13.5. The summed E-state index contributed by atoms with van der Waals surface area (Å²) in [5.41, 5.74) is 2.42. The van der Waals surface area contributed by atoms with Crippen LogP contribution in [0.1, 0.15) is 37.0 Å². The van der Waals surface area contributed by atoms with Gasteiger partial charge in [0.2, 0.25) is 5.91 Å². The molecule has 1 atom stereocenters. The van der Waals surface area contributed by atoms with E-state index in [1.165, 1.54) is 18.5 Å². The Balaban J connectivity index is 1.66. The second-order valence-electron chi connectivity index (χ2n) is 7.41. The van der Waals surface area contributed by atoms with Gasteiger partial charge in [0.25, 0.3) is 5.91 Å². The Labute approximate surface area is 174 Å². The van der Waals surface area contributed by atoms with Gasteiger partial charge in [0.1, 0.15) is 6.04 Å². The van der Waals surface area contributed by atoms with Crippen LogP contribution in [0.4, 0.5) is 11.4 Å². The molecule has 0 aromatic heterocycles. The largest absolute Gasteiger partial charge is 0.372 e. The van der Waals surface area contributed by atoms with Gasteiger partial charge in [-0.3, -0.25) is 9.59 Å². The predicted octanol–water partition coefficient (Wildman–Crippen LogP) is 4.44. The Morgan fingerprint density at radius 3 is 2.25 bits per heavy atom. The van der Waals surface area contributed by atoms with E-state index in [2.05, 4.69) is 31.5 Å². The van der Waals surface area contributed by atoms with Crippen LogP contribution in [0, 0.1) is 5.92 Å². The molecule has 1 saturated heterocycles. The van der Waals surface area contributed by atoms with Crippen molar-refractivity contribution in [1.29, 1.82) is 0 Å². The summed E-state index contributed by atoms with van der Waals surface area (Å²) in [7, 11) is 0. The Hall–Kier alpha value is -2.34. The van der Waals surface area contributed by atoms with Crippen molar-refractivity contribution < 1.29 is 9.59 Å². The number of hydrogen-bond acceptors (Lipinski definition) is 3. The molecule has 2 N–H and O–H groups in total. The van der Waals surface area contributed by atoms with Gasteiger partial charge in [-0.25, -0.2) is 0 Å². The van der Waals surface area contributed by atoms with Crippen molar-refractivity contribution in [3.8, 4) is 0 Å². The van der Waals surface area contributed by atoms with Crippen LogP contribution in [0.3, 0.4) is 0 Å². The molecule has 5 nitrogen and oxygen atoms in total. The van der Waals surface area contributed by atoms with Gasteiger partial charge in [0, 0.05) is 28.9 Å². The SMILES string of the molecule is CC(C)[C@H](NC(=O)c1ccccc1Br)C(=O)Nc1ccc(N2CCCC2)cc1. The smallest absolute Gasteiger partial charge is 0.253 e. The molecule has 0 spiro atoms. The molecule has 0 aliphatic carbocycles. The molecule has 0 saturated carbocycles. The van der Waals surface area contributed by atoms with Crippen molar-refractivity contribution in [1.82, 2.24) is 5.32 Å². The van der Waals surface area contributed by atoms with E-state index in [1.54, 1.807) is 18.2 Å². The molecule has 148 valence electrons. The summed E-state index contributed by atoms with van der Waals surface area (Å²) in [4.78, 5) is 27.7. The maximum atomic E-state index is 12.8. The summed E-state index contributed by atoms with van der Waals surface area (Å²) >= 11 is 3.38. The summed E-state index contributed by atoms with van der Waals surface area (Å²) in [5, 5.41) is 5.79. The molecular formula is C22H26BrN3O2. The second-order valence-corrected chi connectivity index (χ2v) is 8.26. The molecule has 2 aromatic rings. The summed E-state index contributed by atoms with van der Waals surface area (Å²) < 4.78 is 0.702. The van der Waals surface area contributed by atoms with E-state index in [1.807, 2.05) is 44.2 Å². The van der Waals surface area contributed by atoms with Gasteiger partial charge < -0.3 is 15.5 Å². The standard InChI is InChI=1S/C22H26BrN3O2/c1-15(2)20(25-21(27)18-7-3-4-8-19(18)23)22(28)24-16-9-11-17(12-10-16)26-13-5-6-14-26/h3-4,7-12,15,20H,5-6,13-14H2,1-2H3,(H,24,28)(H,25,27)/t20-/m0/s1. The second kappa shape index (κ2) is 9.24. The third kappa shape index (κ3) is 4.93. The monoisotopic (exact) mass is 443 g/mol. The van der Waals surface area contributed by atoms with Gasteiger partial charge in [-0.15, -0.1) is 0 Å². The Morgan fingerprint density at radius 1 is 1.00 bits per heavy atom. The number of anilines is 2. The first-order valence-electron chi connectivity index (χ1n) is 9.67. The highest BCUT2D eigenvalue weighted by Gasteiger charge is 2.25. The first-order valence-corrected chi connectivity index (χ1v) is 10.5. The number of hydrogen-bond donors (Lipinski definition) is 2. The molecule has 0 radical (unpaired) electrons. The van der Waals surface area contributed by atoms with Crippen molar-refractivity contribution in [2.75, 3.05) is 23.3 Å². The lowest BCUT2D eigenvalue weighted by molar-refractivity contribution is -0.118. The van der Waals surface area contributed by atoms with Crippen LogP contribution in [0.25, 0.3) is 0 Å². The van der Waals surface area contributed by atoms with Crippen molar-refractivity contribution in [2.24, 2.45) is 5.92 Å². The summed E-state index contributed by atoms with van der Waals surface area (Å²) in [6, 6.07) is 14.4. The highest BCUT2D eigenvalue weighted by molar-refractivity contribution is 9.10. The number of carbonyl (C=O) groups is 2. The lowest BCUT2D eigenvalue weighted by Crippen LogP contribution is -2.47. The minimum Gasteiger partial charge on any atom is -0.372 e. The average Bonchev–Trinajstić information content (AvgIpc) is 3.21. The molecule has 3 rings (SSSR count). The predicted molar refractivity (Wildman–Crippen MR) is 117 cm³/mol. The van der Waals surface area contributed by atoms with Gasteiger partial charge in [-0.05, 0) is 71.1 Å². The minimum absolute atomic E-state index is 0.0460. The van der Waals surface area contributed by atoms with Gasteiger partial charge in [0.05, 0.1) is 5.56 Å². The fourth-order valence-electron chi connectivity index (χ4n) is 3.35. The van der Waals surface area contributed by atoms with Crippen molar-refractivity contribution in [2.45, 2.75) is 32.7 Å².